The van der Waals surface area contributed by atoms with Gasteiger partial charge in [0, 0.05) is 0 Å². The molecule has 16 nitrogen and oxygen atoms in total. The molecule has 46 heavy (non-hydrogen) atoms. The Hall–Kier alpha value is -3.74. The minimum Gasteiger partial charge on any atom is -0.491 e. The van der Waals surface area contributed by atoms with Gasteiger partial charge in [0.05, 0.1) is 90.4 Å². The minimum atomic E-state index is -0.644. The molecule has 4 bridgehead atoms. The smallest absolute Gasteiger partial charge is 0.269 e. The first kappa shape index (κ1) is 36.7. The highest BCUT2D eigenvalue weighted by Crippen LogP contribution is 2.29. The number of nitrogen functional groups attached to an aromatic ring is 2. The van der Waals surface area contributed by atoms with Gasteiger partial charge in [-0.3, -0.25) is 20.4 Å². The molecule has 0 aliphatic carbocycles. The maximum atomic E-state index is 12.5. The molecule has 2 aromatic carbocycles. The molecule has 4 aliphatic rings. The van der Waals surface area contributed by atoms with E-state index in [4.69, 9.17) is 59.1 Å². The summed E-state index contributed by atoms with van der Waals surface area (Å²) in [6.07, 6.45) is 0. The number of carbonyl (C=O) groups is 2. The van der Waals surface area contributed by atoms with Gasteiger partial charge in [-0.25, -0.2) is 11.7 Å². The van der Waals surface area contributed by atoms with Gasteiger partial charge < -0.3 is 47.4 Å². The molecule has 2 aromatic rings. The predicted octanol–water partition coefficient (Wildman–Crippen LogP) is 0.222. The van der Waals surface area contributed by atoms with Gasteiger partial charge >= 0.3 is 0 Å². The SMILES string of the molecule is NNC(=O)c1cc2c(C(=O)NN)cc1OCCOCCOCCOCCOc1ccc(cc1)OCCOCCOCCOCCO2. The van der Waals surface area contributed by atoms with Gasteiger partial charge in [0.15, 0.2) is 0 Å². The molecule has 0 saturated carbocycles. The lowest BCUT2D eigenvalue weighted by atomic mass is 10.1. The van der Waals surface area contributed by atoms with E-state index < -0.39 is 11.8 Å². The van der Waals surface area contributed by atoms with Crippen LogP contribution >= 0.6 is 0 Å². The van der Waals surface area contributed by atoms with Crippen molar-refractivity contribution in [3.8, 4) is 23.0 Å². The molecule has 6 N–H and O–H groups in total. The predicted molar refractivity (Wildman–Crippen MR) is 163 cm³/mol. The Labute approximate surface area is 267 Å². The van der Waals surface area contributed by atoms with Gasteiger partial charge in [-0.1, -0.05) is 0 Å². The quantitative estimate of drug-likeness (QED) is 0.195. The van der Waals surface area contributed by atoms with Crippen molar-refractivity contribution in [3.63, 3.8) is 0 Å². The number of amides is 2. The molecule has 0 saturated heterocycles. The molecule has 0 spiro atoms. The highest BCUT2D eigenvalue weighted by Gasteiger charge is 2.21. The number of ether oxygens (including phenoxy) is 10. The lowest BCUT2D eigenvalue weighted by Crippen LogP contribution is -2.32. The van der Waals surface area contributed by atoms with Crippen LogP contribution in [0.4, 0.5) is 0 Å². The second kappa shape index (κ2) is 22.7. The van der Waals surface area contributed by atoms with E-state index in [-0.39, 0.29) is 49.1 Å². The monoisotopic (exact) mass is 652 g/mol. The summed E-state index contributed by atoms with van der Waals surface area (Å²) in [7, 11) is 0. The summed E-state index contributed by atoms with van der Waals surface area (Å²) in [4.78, 5) is 24.9. The van der Waals surface area contributed by atoms with Gasteiger partial charge in [-0.2, -0.15) is 0 Å². The van der Waals surface area contributed by atoms with Crippen molar-refractivity contribution in [1.29, 1.82) is 0 Å². The fourth-order valence-electron chi connectivity index (χ4n) is 3.88. The van der Waals surface area contributed by atoms with Crippen molar-refractivity contribution >= 4 is 11.8 Å². The molecule has 0 radical (unpaired) electrons. The molecule has 0 atom stereocenters. The number of nitrogens with two attached hydrogens (primary N) is 2. The Morgan fingerprint density at radius 3 is 0.978 bits per heavy atom. The summed E-state index contributed by atoms with van der Waals surface area (Å²) in [6.45, 7) is 5.11. The summed E-state index contributed by atoms with van der Waals surface area (Å²) in [5.74, 6) is 11.0. The lowest BCUT2D eigenvalue weighted by molar-refractivity contribution is 0.00462. The first-order valence-electron chi connectivity index (χ1n) is 14.9. The van der Waals surface area contributed by atoms with Gasteiger partial charge in [-0.15, -0.1) is 0 Å². The minimum absolute atomic E-state index is 0.0536. The van der Waals surface area contributed by atoms with E-state index in [0.717, 1.165) is 0 Å². The summed E-state index contributed by atoms with van der Waals surface area (Å²) in [5.41, 5.74) is 4.23. The Bertz CT molecular complexity index is 1070. The van der Waals surface area contributed by atoms with Crippen LogP contribution in [0.2, 0.25) is 0 Å². The third-order valence-corrected chi connectivity index (χ3v) is 6.11. The second-order valence-electron chi connectivity index (χ2n) is 9.33. The fraction of sp³-hybridized carbons (Fsp3) is 0.533. The molecular weight excluding hydrogens is 608 g/mol. The maximum Gasteiger partial charge on any atom is 0.269 e. The van der Waals surface area contributed by atoms with E-state index in [9.17, 15) is 9.59 Å². The van der Waals surface area contributed by atoms with E-state index in [2.05, 4.69) is 10.9 Å². The molecule has 6 rings (SSSR count). The average Bonchev–Trinajstić information content (AvgIpc) is 3.08. The van der Waals surface area contributed by atoms with Crippen molar-refractivity contribution in [3.05, 3.63) is 47.5 Å². The van der Waals surface area contributed by atoms with Crippen molar-refractivity contribution in [2.45, 2.75) is 0 Å². The zero-order valence-corrected chi connectivity index (χ0v) is 25.8. The van der Waals surface area contributed by atoms with Crippen LogP contribution in [0.25, 0.3) is 0 Å². The van der Waals surface area contributed by atoms with E-state index in [0.29, 0.717) is 90.8 Å². The second-order valence-corrected chi connectivity index (χ2v) is 9.33. The van der Waals surface area contributed by atoms with Crippen molar-refractivity contribution in [2.24, 2.45) is 11.7 Å². The number of benzene rings is 2. The molecule has 2 amide bonds. The van der Waals surface area contributed by atoms with E-state index in [1.807, 2.05) is 24.3 Å². The number of carbonyl (C=O) groups excluding carboxylic acids is 2. The van der Waals surface area contributed by atoms with Gasteiger partial charge in [0.1, 0.15) is 49.4 Å². The van der Waals surface area contributed by atoms with Gasteiger partial charge in [-0.05, 0) is 36.4 Å². The number of nitrogens with one attached hydrogen (secondary N) is 2. The maximum absolute atomic E-state index is 12.5. The standard InChI is InChI=1S/C30H44N4O12/c31-33-29(35)25-22-28-26(30(36)34-32)21-27(25)45-19-15-41-11-7-37-5-9-39-13-17-43-23-1-2-24(4-3-23)44-18-14-40-10-6-38-8-12-42-16-20-46-28/h1-4,21-22H,5-20,31-32H2,(H,33,35)(H,34,36). The molecular formula is C30H44N4O12. The largest absolute Gasteiger partial charge is 0.491 e. The fourth-order valence-corrected chi connectivity index (χ4v) is 3.88. The Kier molecular flexibility index (Phi) is 18.1. The Balaban J connectivity index is 1.51. The van der Waals surface area contributed by atoms with Gasteiger partial charge in [0.25, 0.3) is 11.8 Å². The van der Waals surface area contributed by atoms with Gasteiger partial charge in [0.2, 0.25) is 0 Å². The molecule has 16 heteroatoms. The zero-order valence-electron chi connectivity index (χ0n) is 25.8. The van der Waals surface area contributed by atoms with Crippen LogP contribution in [0.15, 0.2) is 36.4 Å². The zero-order chi connectivity index (χ0) is 32.7. The number of rotatable bonds is 2. The number of hydrogen-bond acceptors (Lipinski definition) is 14. The van der Waals surface area contributed by atoms with Crippen LogP contribution in [-0.4, -0.2) is 118 Å². The van der Waals surface area contributed by atoms with Crippen molar-refractivity contribution in [1.82, 2.24) is 10.9 Å². The van der Waals surface area contributed by atoms with E-state index >= 15 is 0 Å². The number of hydrogen-bond donors (Lipinski definition) is 4. The lowest BCUT2D eigenvalue weighted by Gasteiger charge is -2.16. The van der Waals surface area contributed by atoms with Crippen LogP contribution in [0.5, 0.6) is 23.0 Å². The first-order valence-corrected chi connectivity index (χ1v) is 14.9. The molecule has 4 heterocycles. The average molecular weight is 653 g/mol. The third kappa shape index (κ3) is 14.1. The number of hydrazine groups is 2. The summed E-state index contributed by atoms with van der Waals surface area (Å²) in [5, 5.41) is 0. The van der Waals surface area contributed by atoms with E-state index in [1.165, 1.54) is 12.1 Å². The summed E-state index contributed by atoms with van der Waals surface area (Å²) in [6, 6.07) is 10.0. The van der Waals surface area contributed by atoms with Crippen molar-refractivity contribution in [2.75, 3.05) is 106 Å². The van der Waals surface area contributed by atoms with Crippen LogP contribution < -0.4 is 41.5 Å². The molecule has 0 unspecified atom stereocenters. The summed E-state index contributed by atoms with van der Waals surface area (Å²) < 4.78 is 56.0. The van der Waals surface area contributed by atoms with Crippen LogP contribution in [0.1, 0.15) is 20.7 Å². The third-order valence-electron chi connectivity index (χ3n) is 6.11. The summed E-state index contributed by atoms with van der Waals surface area (Å²) >= 11 is 0. The van der Waals surface area contributed by atoms with Crippen LogP contribution in [0.3, 0.4) is 0 Å². The van der Waals surface area contributed by atoms with Crippen LogP contribution in [-0.2, 0) is 28.4 Å². The Morgan fingerprint density at radius 2 is 0.696 bits per heavy atom. The first-order chi connectivity index (χ1) is 22.6. The molecule has 0 aromatic heterocycles. The normalized spacial score (nSPS) is 17.6. The van der Waals surface area contributed by atoms with Crippen molar-refractivity contribution < 1.29 is 57.0 Å². The molecule has 0 fully saturated rings. The van der Waals surface area contributed by atoms with Crippen LogP contribution in [0, 0.1) is 0 Å². The highest BCUT2D eigenvalue weighted by molar-refractivity contribution is 6.02. The Morgan fingerprint density at radius 1 is 0.435 bits per heavy atom. The molecule has 256 valence electrons. The van der Waals surface area contributed by atoms with E-state index in [1.54, 1.807) is 0 Å². The highest BCUT2D eigenvalue weighted by atomic mass is 16.6. The molecule has 4 aliphatic heterocycles. The topological polar surface area (TPSA) is 203 Å².